The molecule has 1 aliphatic rings. The largest absolute Gasteiger partial charge is 0.493 e. The zero-order valence-electron chi connectivity index (χ0n) is 13.8. The van der Waals surface area contributed by atoms with Gasteiger partial charge in [0.15, 0.2) is 0 Å². The van der Waals surface area contributed by atoms with Crippen LogP contribution in [0.4, 0.5) is 0 Å². The van der Waals surface area contributed by atoms with Crippen molar-refractivity contribution in [3.8, 4) is 5.75 Å². The van der Waals surface area contributed by atoms with Gasteiger partial charge in [-0.2, -0.15) is 0 Å². The Labute approximate surface area is 154 Å². The minimum atomic E-state index is -0.152. The van der Waals surface area contributed by atoms with Crippen molar-refractivity contribution in [3.05, 3.63) is 70.0 Å². The molecule has 126 valence electrons. The third kappa shape index (κ3) is 2.89. The molecule has 0 saturated heterocycles. The first-order valence-electron chi connectivity index (χ1n) is 8.21. The number of carbonyl (C=O) groups excluding carboxylic acids is 1. The van der Waals surface area contributed by atoms with Crippen molar-refractivity contribution >= 4 is 32.6 Å². The molecule has 0 aliphatic carbocycles. The molecule has 1 atom stereocenters. The van der Waals surface area contributed by atoms with Crippen LogP contribution >= 0.6 is 15.9 Å². The average molecular weight is 397 g/mol. The van der Waals surface area contributed by atoms with Crippen LogP contribution in [0.2, 0.25) is 0 Å². The summed E-state index contributed by atoms with van der Waals surface area (Å²) in [5.41, 5.74) is 2.37. The van der Waals surface area contributed by atoms with E-state index >= 15 is 0 Å². The number of hydrogen-bond acceptors (Lipinski definition) is 3. The monoisotopic (exact) mass is 396 g/mol. The van der Waals surface area contributed by atoms with Crippen molar-refractivity contribution in [3.63, 3.8) is 0 Å². The van der Waals surface area contributed by atoms with Gasteiger partial charge in [0.2, 0.25) is 0 Å². The van der Waals surface area contributed by atoms with E-state index in [2.05, 4.69) is 26.2 Å². The molecule has 0 fully saturated rings. The number of nitrogens with zero attached hydrogens (tertiary/aromatic N) is 1. The summed E-state index contributed by atoms with van der Waals surface area (Å²) in [6.07, 6.45) is 2.50. The summed E-state index contributed by atoms with van der Waals surface area (Å²) in [5.74, 6) is 0.687. The number of carbonyl (C=O) groups is 1. The number of pyridine rings is 1. The number of halogens is 1. The van der Waals surface area contributed by atoms with Crippen molar-refractivity contribution < 1.29 is 9.53 Å². The number of rotatable bonds is 2. The molecule has 1 unspecified atom stereocenters. The van der Waals surface area contributed by atoms with Gasteiger partial charge in [-0.05, 0) is 30.0 Å². The molecule has 1 amide bonds. The highest BCUT2D eigenvalue weighted by molar-refractivity contribution is 9.10. The fourth-order valence-electron chi connectivity index (χ4n) is 3.30. The van der Waals surface area contributed by atoms with Crippen molar-refractivity contribution in [1.82, 2.24) is 10.3 Å². The van der Waals surface area contributed by atoms with Crippen LogP contribution in [-0.4, -0.2) is 17.5 Å². The van der Waals surface area contributed by atoms with Crippen molar-refractivity contribution in [2.45, 2.75) is 19.4 Å². The lowest BCUT2D eigenvalue weighted by atomic mass is 10.00. The Morgan fingerprint density at radius 1 is 1.20 bits per heavy atom. The molecule has 0 bridgehead atoms. The zero-order valence-corrected chi connectivity index (χ0v) is 15.3. The predicted molar refractivity (Wildman–Crippen MR) is 101 cm³/mol. The molecule has 3 aromatic rings. The maximum absolute atomic E-state index is 12.8. The predicted octanol–water partition coefficient (Wildman–Crippen LogP) is 4.56. The smallest absolute Gasteiger partial charge is 0.270 e. The molecule has 4 rings (SSSR count). The van der Waals surface area contributed by atoms with E-state index in [-0.39, 0.29) is 11.9 Å². The van der Waals surface area contributed by atoms with Crippen molar-refractivity contribution in [1.29, 1.82) is 0 Å². The summed E-state index contributed by atoms with van der Waals surface area (Å²) in [6, 6.07) is 13.7. The first-order chi connectivity index (χ1) is 12.1. The van der Waals surface area contributed by atoms with Gasteiger partial charge < -0.3 is 10.1 Å². The molecule has 2 aromatic carbocycles. The molecule has 0 radical (unpaired) electrons. The van der Waals surface area contributed by atoms with E-state index in [4.69, 9.17) is 4.74 Å². The van der Waals surface area contributed by atoms with Crippen molar-refractivity contribution in [2.24, 2.45) is 0 Å². The number of benzene rings is 2. The maximum Gasteiger partial charge on any atom is 0.270 e. The number of nitrogens with one attached hydrogen (secondary N) is 1. The Bertz CT molecular complexity index is 971. The Balaban J connectivity index is 1.67. The van der Waals surface area contributed by atoms with Crippen LogP contribution in [-0.2, 0) is 0 Å². The third-order valence-electron chi connectivity index (χ3n) is 4.61. The van der Waals surface area contributed by atoms with Crippen LogP contribution in [0.3, 0.4) is 0 Å². The number of ether oxygens (including phenoxy) is 1. The number of hydrogen-bond donors (Lipinski definition) is 1. The van der Waals surface area contributed by atoms with Gasteiger partial charge in [-0.15, -0.1) is 0 Å². The molecule has 1 aromatic heterocycles. The van der Waals surface area contributed by atoms with Crippen LogP contribution in [0.1, 0.15) is 34.1 Å². The van der Waals surface area contributed by atoms with E-state index in [1.54, 1.807) is 6.20 Å². The second-order valence-electron chi connectivity index (χ2n) is 6.13. The third-order valence-corrected chi connectivity index (χ3v) is 5.31. The summed E-state index contributed by atoms with van der Waals surface area (Å²) in [4.78, 5) is 17.3. The molecule has 4 nitrogen and oxygen atoms in total. The first-order valence-corrected chi connectivity index (χ1v) is 9.01. The molecule has 1 N–H and O–H groups in total. The van der Waals surface area contributed by atoms with Gasteiger partial charge in [0.1, 0.15) is 11.4 Å². The van der Waals surface area contributed by atoms with Gasteiger partial charge in [0.05, 0.1) is 12.6 Å². The summed E-state index contributed by atoms with van der Waals surface area (Å²) in [7, 11) is 0. The van der Waals surface area contributed by atoms with Crippen LogP contribution in [0.15, 0.2) is 53.1 Å². The van der Waals surface area contributed by atoms with Gasteiger partial charge in [0.25, 0.3) is 5.91 Å². The molecular formula is C20H17BrN2O2. The Kier molecular flexibility index (Phi) is 4.17. The van der Waals surface area contributed by atoms with Crippen LogP contribution in [0, 0.1) is 6.92 Å². The standard InChI is InChI=1S/C20H17BrN2O2/c1-12-13-6-4-7-16(21)15(13)11-22-19(12)20(24)23-17-9-10-25-18-8-3-2-5-14(17)18/h2-8,11,17H,9-10H2,1H3,(H,23,24). The molecule has 0 spiro atoms. The highest BCUT2D eigenvalue weighted by atomic mass is 79.9. The molecule has 25 heavy (non-hydrogen) atoms. The van der Waals surface area contributed by atoms with Gasteiger partial charge >= 0.3 is 0 Å². The molecule has 1 aliphatic heterocycles. The number of amides is 1. The lowest BCUT2D eigenvalue weighted by Crippen LogP contribution is -2.33. The van der Waals surface area contributed by atoms with E-state index in [1.807, 2.05) is 49.4 Å². The molecule has 2 heterocycles. The first kappa shape index (κ1) is 16.1. The summed E-state index contributed by atoms with van der Waals surface area (Å²) < 4.78 is 6.64. The average Bonchev–Trinajstić information content (AvgIpc) is 2.63. The van der Waals surface area contributed by atoms with Crippen molar-refractivity contribution in [2.75, 3.05) is 6.61 Å². The lowest BCUT2D eigenvalue weighted by molar-refractivity contribution is 0.0919. The molecule has 0 saturated carbocycles. The Morgan fingerprint density at radius 3 is 2.92 bits per heavy atom. The number of aryl methyl sites for hydroxylation is 1. The fraction of sp³-hybridized carbons (Fsp3) is 0.200. The van der Waals surface area contributed by atoms with E-state index in [0.29, 0.717) is 12.3 Å². The van der Waals surface area contributed by atoms with Gasteiger partial charge in [-0.3, -0.25) is 9.78 Å². The van der Waals surface area contributed by atoms with Crippen LogP contribution in [0.25, 0.3) is 10.8 Å². The van der Waals surface area contributed by atoms with Crippen LogP contribution in [0.5, 0.6) is 5.75 Å². The fourth-order valence-corrected chi connectivity index (χ4v) is 3.76. The minimum Gasteiger partial charge on any atom is -0.493 e. The van der Waals surface area contributed by atoms with E-state index in [1.165, 1.54) is 0 Å². The summed E-state index contributed by atoms with van der Waals surface area (Å²) in [6.45, 7) is 2.54. The highest BCUT2D eigenvalue weighted by Gasteiger charge is 2.24. The highest BCUT2D eigenvalue weighted by Crippen LogP contribution is 2.32. The second kappa shape index (κ2) is 6.48. The van der Waals surface area contributed by atoms with E-state index in [9.17, 15) is 4.79 Å². The normalized spacial score (nSPS) is 16.2. The zero-order chi connectivity index (χ0) is 17.4. The SMILES string of the molecule is Cc1c(C(=O)NC2CCOc3ccccc32)ncc2c(Br)cccc12. The summed E-state index contributed by atoms with van der Waals surface area (Å²) >= 11 is 3.54. The van der Waals surface area contributed by atoms with Gasteiger partial charge in [0, 0.05) is 28.0 Å². The Hall–Kier alpha value is -2.40. The van der Waals surface area contributed by atoms with Gasteiger partial charge in [-0.1, -0.05) is 46.3 Å². The van der Waals surface area contributed by atoms with Crippen LogP contribution < -0.4 is 10.1 Å². The Morgan fingerprint density at radius 2 is 2.04 bits per heavy atom. The minimum absolute atomic E-state index is 0.0585. The van der Waals surface area contributed by atoms with E-state index < -0.39 is 0 Å². The molecule has 5 heteroatoms. The number of aromatic nitrogens is 1. The lowest BCUT2D eigenvalue weighted by Gasteiger charge is -2.26. The van der Waals surface area contributed by atoms with E-state index in [0.717, 1.165) is 38.5 Å². The molecular weight excluding hydrogens is 380 g/mol. The maximum atomic E-state index is 12.8. The quantitative estimate of drug-likeness (QED) is 0.690. The topological polar surface area (TPSA) is 51.2 Å². The number of para-hydroxylation sites is 1. The number of fused-ring (bicyclic) bond motifs is 2. The second-order valence-corrected chi connectivity index (χ2v) is 6.99. The van der Waals surface area contributed by atoms with Gasteiger partial charge in [-0.25, -0.2) is 0 Å². The summed E-state index contributed by atoms with van der Waals surface area (Å²) in [5, 5.41) is 5.16.